The molecule has 3 nitrogen and oxygen atoms in total. The van der Waals surface area contributed by atoms with Crippen LogP contribution >= 0.6 is 0 Å². The fraction of sp³-hybridized carbons (Fsp3) is 1.00. The molecule has 3 unspecified atom stereocenters. The van der Waals surface area contributed by atoms with Crippen LogP contribution in [0, 0.1) is 0 Å². The minimum atomic E-state index is 0.393. The zero-order chi connectivity index (χ0) is 9.84. The van der Waals surface area contributed by atoms with Crippen molar-refractivity contribution in [2.75, 3.05) is 27.2 Å². The standard InChI is InChI=1S/C10H22N2O/c1-8(7-11-3)12(4)10-5-6-13-9(10)2/h8-11H,5-7H2,1-4H3. The molecule has 0 amide bonds. The van der Waals surface area contributed by atoms with E-state index in [0.29, 0.717) is 18.2 Å². The zero-order valence-corrected chi connectivity index (χ0v) is 9.21. The predicted octanol–water partition coefficient (Wildman–Crippen LogP) is 0.703. The molecule has 3 heteroatoms. The smallest absolute Gasteiger partial charge is 0.0703 e. The maximum absolute atomic E-state index is 5.55. The van der Waals surface area contributed by atoms with Crippen molar-refractivity contribution < 1.29 is 4.74 Å². The Balaban J connectivity index is 2.40. The summed E-state index contributed by atoms with van der Waals surface area (Å²) < 4.78 is 5.55. The van der Waals surface area contributed by atoms with Crippen molar-refractivity contribution >= 4 is 0 Å². The average molecular weight is 186 g/mol. The number of likely N-dealkylation sites (N-methyl/N-ethyl adjacent to an activating group) is 2. The van der Waals surface area contributed by atoms with E-state index in [9.17, 15) is 0 Å². The van der Waals surface area contributed by atoms with Gasteiger partial charge in [-0.2, -0.15) is 0 Å². The van der Waals surface area contributed by atoms with E-state index in [1.807, 2.05) is 7.05 Å². The predicted molar refractivity (Wildman–Crippen MR) is 55.0 cm³/mol. The van der Waals surface area contributed by atoms with Crippen LogP contribution in [0.2, 0.25) is 0 Å². The fourth-order valence-corrected chi connectivity index (χ4v) is 2.02. The van der Waals surface area contributed by atoms with Crippen LogP contribution in [0.5, 0.6) is 0 Å². The largest absolute Gasteiger partial charge is 0.377 e. The molecule has 0 spiro atoms. The molecular formula is C10H22N2O. The Bertz CT molecular complexity index is 152. The van der Waals surface area contributed by atoms with E-state index >= 15 is 0 Å². The van der Waals surface area contributed by atoms with Crippen LogP contribution in [0.1, 0.15) is 20.3 Å². The zero-order valence-electron chi connectivity index (χ0n) is 9.21. The minimum Gasteiger partial charge on any atom is -0.377 e. The number of rotatable bonds is 4. The second kappa shape index (κ2) is 4.94. The van der Waals surface area contributed by atoms with Gasteiger partial charge in [0.05, 0.1) is 6.10 Å². The van der Waals surface area contributed by atoms with Crippen molar-refractivity contribution in [1.82, 2.24) is 10.2 Å². The molecule has 1 N–H and O–H groups in total. The Hall–Kier alpha value is -0.120. The van der Waals surface area contributed by atoms with E-state index in [1.54, 1.807) is 0 Å². The maximum Gasteiger partial charge on any atom is 0.0703 e. The number of nitrogens with one attached hydrogen (secondary N) is 1. The number of hydrogen-bond acceptors (Lipinski definition) is 3. The SMILES string of the molecule is CNCC(C)N(C)C1CCOC1C. The van der Waals surface area contributed by atoms with Gasteiger partial charge in [-0.1, -0.05) is 0 Å². The van der Waals surface area contributed by atoms with Crippen molar-refractivity contribution in [2.24, 2.45) is 0 Å². The number of ether oxygens (including phenoxy) is 1. The van der Waals surface area contributed by atoms with Gasteiger partial charge in [0.25, 0.3) is 0 Å². The van der Waals surface area contributed by atoms with Gasteiger partial charge in [0, 0.05) is 25.2 Å². The van der Waals surface area contributed by atoms with Crippen LogP contribution in [-0.2, 0) is 4.74 Å². The highest BCUT2D eigenvalue weighted by molar-refractivity contribution is 4.83. The first-order valence-electron chi connectivity index (χ1n) is 5.15. The first-order chi connectivity index (χ1) is 6.16. The second-order valence-electron chi connectivity index (χ2n) is 4.00. The third-order valence-corrected chi connectivity index (χ3v) is 3.05. The summed E-state index contributed by atoms with van der Waals surface area (Å²) >= 11 is 0. The molecule has 1 saturated heterocycles. The highest BCUT2D eigenvalue weighted by Gasteiger charge is 2.29. The second-order valence-corrected chi connectivity index (χ2v) is 4.00. The third-order valence-electron chi connectivity index (χ3n) is 3.05. The molecule has 0 saturated carbocycles. The van der Waals surface area contributed by atoms with E-state index in [1.165, 1.54) is 6.42 Å². The molecule has 1 aliphatic heterocycles. The molecule has 1 fully saturated rings. The van der Waals surface area contributed by atoms with Gasteiger partial charge in [0.1, 0.15) is 0 Å². The molecule has 1 aliphatic rings. The molecular weight excluding hydrogens is 164 g/mol. The van der Waals surface area contributed by atoms with Crippen LogP contribution in [0.3, 0.4) is 0 Å². The highest BCUT2D eigenvalue weighted by atomic mass is 16.5. The fourth-order valence-electron chi connectivity index (χ4n) is 2.02. The Morgan fingerprint density at radius 2 is 2.31 bits per heavy atom. The third kappa shape index (κ3) is 2.66. The lowest BCUT2D eigenvalue weighted by Gasteiger charge is -2.32. The van der Waals surface area contributed by atoms with Crippen molar-refractivity contribution in [3.63, 3.8) is 0 Å². The van der Waals surface area contributed by atoms with Crippen LogP contribution in [-0.4, -0.2) is 50.3 Å². The van der Waals surface area contributed by atoms with Crippen molar-refractivity contribution in [3.05, 3.63) is 0 Å². The quantitative estimate of drug-likeness (QED) is 0.699. The summed E-state index contributed by atoms with van der Waals surface area (Å²) in [5.41, 5.74) is 0. The summed E-state index contributed by atoms with van der Waals surface area (Å²) in [6, 6.07) is 1.18. The summed E-state index contributed by atoms with van der Waals surface area (Å²) in [5, 5.41) is 3.20. The van der Waals surface area contributed by atoms with Gasteiger partial charge in [0.2, 0.25) is 0 Å². The number of nitrogens with zero attached hydrogens (tertiary/aromatic N) is 1. The monoisotopic (exact) mass is 186 g/mol. The van der Waals surface area contributed by atoms with Gasteiger partial charge < -0.3 is 10.1 Å². The van der Waals surface area contributed by atoms with Gasteiger partial charge in [-0.05, 0) is 34.4 Å². The molecule has 0 aromatic carbocycles. The Morgan fingerprint density at radius 3 is 2.77 bits per heavy atom. The first kappa shape index (κ1) is 11.0. The molecule has 0 aliphatic carbocycles. The highest BCUT2D eigenvalue weighted by Crippen LogP contribution is 2.19. The molecule has 1 heterocycles. The van der Waals surface area contributed by atoms with Crippen molar-refractivity contribution in [3.8, 4) is 0 Å². The van der Waals surface area contributed by atoms with Crippen LogP contribution in [0.15, 0.2) is 0 Å². The van der Waals surface area contributed by atoms with Crippen LogP contribution in [0.4, 0.5) is 0 Å². The molecule has 0 aromatic heterocycles. The molecule has 78 valence electrons. The molecule has 0 aromatic rings. The first-order valence-corrected chi connectivity index (χ1v) is 5.15. The van der Waals surface area contributed by atoms with E-state index in [-0.39, 0.29) is 0 Å². The molecule has 1 rings (SSSR count). The van der Waals surface area contributed by atoms with Crippen LogP contribution < -0.4 is 5.32 Å². The molecule has 0 bridgehead atoms. The average Bonchev–Trinajstić information content (AvgIpc) is 2.50. The van der Waals surface area contributed by atoms with E-state index in [2.05, 4.69) is 31.1 Å². The van der Waals surface area contributed by atoms with Gasteiger partial charge in [0.15, 0.2) is 0 Å². The van der Waals surface area contributed by atoms with E-state index < -0.39 is 0 Å². The summed E-state index contributed by atoms with van der Waals surface area (Å²) in [7, 11) is 4.19. The normalized spacial score (nSPS) is 31.2. The summed E-state index contributed by atoms with van der Waals surface area (Å²) in [4.78, 5) is 2.42. The summed E-state index contributed by atoms with van der Waals surface area (Å²) in [6.07, 6.45) is 1.57. The lowest BCUT2D eigenvalue weighted by molar-refractivity contribution is 0.0707. The number of hydrogen-bond donors (Lipinski definition) is 1. The topological polar surface area (TPSA) is 24.5 Å². The molecule has 13 heavy (non-hydrogen) atoms. The lowest BCUT2D eigenvalue weighted by atomic mass is 10.1. The van der Waals surface area contributed by atoms with Crippen molar-refractivity contribution in [2.45, 2.75) is 38.5 Å². The Labute approximate surface area is 81.4 Å². The van der Waals surface area contributed by atoms with Gasteiger partial charge in [-0.15, -0.1) is 0 Å². The maximum atomic E-state index is 5.55. The Kier molecular flexibility index (Phi) is 4.16. The summed E-state index contributed by atoms with van der Waals surface area (Å²) in [6.45, 7) is 6.38. The molecule has 0 radical (unpaired) electrons. The van der Waals surface area contributed by atoms with E-state index in [4.69, 9.17) is 4.74 Å². The van der Waals surface area contributed by atoms with Crippen LogP contribution in [0.25, 0.3) is 0 Å². The van der Waals surface area contributed by atoms with Crippen molar-refractivity contribution in [1.29, 1.82) is 0 Å². The minimum absolute atomic E-state index is 0.393. The lowest BCUT2D eigenvalue weighted by Crippen LogP contribution is -2.45. The van der Waals surface area contributed by atoms with E-state index in [0.717, 1.165) is 13.2 Å². The van der Waals surface area contributed by atoms with Gasteiger partial charge >= 0.3 is 0 Å². The molecule has 3 atom stereocenters. The summed E-state index contributed by atoms with van der Waals surface area (Å²) in [5.74, 6) is 0. The Morgan fingerprint density at radius 1 is 1.62 bits per heavy atom. The van der Waals surface area contributed by atoms with Gasteiger partial charge in [-0.3, -0.25) is 4.90 Å². The van der Waals surface area contributed by atoms with Gasteiger partial charge in [-0.25, -0.2) is 0 Å².